The predicted octanol–water partition coefficient (Wildman–Crippen LogP) is 2.63. The van der Waals surface area contributed by atoms with Crippen LogP contribution in [0.4, 0.5) is 0 Å². The van der Waals surface area contributed by atoms with Crippen LogP contribution in [0.2, 0.25) is 0 Å². The van der Waals surface area contributed by atoms with E-state index in [9.17, 15) is 4.79 Å². The first-order valence-corrected chi connectivity index (χ1v) is 6.86. The molecule has 20 heavy (non-hydrogen) atoms. The molecule has 1 aliphatic rings. The largest absolute Gasteiger partial charge is 0.481 e. The third-order valence-corrected chi connectivity index (χ3v) is 3.71. The van der Waals surface area contributed by atoms with E-state index in [1.54, 1.807) is 0 Å². The topological polar surface area (TPSA) is 49.3 Å². The highest BCUT2D eigenvalue weighted by Crippen LogP contribution is 2.25. The first-order valence-electron chi connectivity index (χ1n) is 6.86. The average molecular weight is 267 g/mol. The molecule has 0 amide bonds. The molecule has 3 rings (SSSR count). The van der Waals surface area contributed by atoms with E-state index < -0.39 is 5.97 Å². The van der Waals surface area contributed by atoms with E-state index >= 15 is 0 Å². The van der Waals surface area contributed by atoms with Crippen LogP contribution in [0.15, 0.2) is 42.5 Å². The number of aliphatic carboxylic acids is 1. The number of hydrogen-bond acceptors (Lipinski definition) is 2. The molecule has 0 bridgehead atoms. The summed E-state index contributed by atoms with van der Waals surface area (Å²) in [7, 11) is 0. The highest BCUT2D eigenvalue weighted by atomic mass is 16.4. The first-order chi connectivity index (χ1) is 9.72. The standard InChI is InChI=1S/C17H17NO2/c19-17(20)9-12-2-1-3-14(8-12)15-5-4-13-6-7-18-11-16(13)10-15/h1-5,8,10,18H,6-7,9,11H2,(H,19,20). The number of fused-ring (bicyclic) bond motifs is 1. The SMILES string of the molecule is O=C(O)Cc1cccc(-c2ccc3c(c2)CNCC3)c1. The fourth-order valence-corrected chi connectivity index (χ4v) is 2.70. The zero-order valence-corrected chi connectivity index (χ0v) is 11.2. The summed E-state index contributed by atoms with van der Waals surface area (Å²) in [6.07, 6.45) is 1.15. The molecule has 0 saturated carbocycles. The Kier molecular flexibility index (Phi) is 3.52. The summed E-state index contributed by atoms with van der Waals surface area (Å²) in [4.78, 5) is 10.8. The Morgan fingerprint density at radius 1 is 1.10 bits per heavy atom. The molecule has 0 atom stereocenters. The van der Waals surface area contributed by atoms with E-state index in [-0.39, 0.29) is 6.42 Å². The number of carboxylic acids is 1. The fourth-order valence-electron chi connectivity index (χ4n) is 2.70. The summed E-state index contributed by atoms with van der Waals surface area (Å²) >= 11 is 0. The third-order valence-electron chi connectivity index (χ3n) is 3.71. The Morgan fingerprint density at radius 2 is 1.95 bits per heavy atom. The molecule has 102 valence electrons. The van der Waals surface area contributed by atoms with Crippen LogP contribution in [0.5, 0.6) is 0 Å². The van der Waals surface area contributed by atoms with Gasteiger partial charge in [0.2, 0.25) is 0 Å². The molecule has 0 aromatic heterocycles. The van der Waals surface area contributed by atoms with Gasteiger partial charge in [0, 0.05) is 6.54 Å². The lowest BCUT2D eigenvalue weighted by Gasteiger charge is -2.18. The molecule has 3 heteroatoms. The number of rotatable bonds is 3. The molecule has 3 nitrogen and oxygen atoms in total. The molecule has 0 unspecified atom stereocenters. The molecule has 0 spiro atoms. The van der Waals surface area contributed by atoms with Gasteiger partial charge in [-0.05, 0) is 46.8 Å². The van der Waals surface area contributed by atoms with Crippen LogP contribution in [-0.4, -0.2) is 17.6 Å². The lowest BCUT2D eigenvalue weighted by molar-refractivity contribution is -0.136. The smallest absolute Gasteiger partial charge is 0.307 e. The van der Waals surface area contributed by atoms with Crippen LogP contribution in [0.1, 0.15) is 16.7 Å². The highest BCUT2D eigenvalue weighted by Gasteiger charge is 2.10. The van der Waals surface area contributed by atoms with Crippen molar-refractivity contribution < 1.29 is 9.90 Å². The van der Waals surface area contributed by atoms with Gasteiger partial charge in [0.25, 0.3) is 0 Å². The summed E-state index contributed by atoms with van der Waals surface area (Å²) in [5.41, 5.74) is 5.83. The van der Waals surface area contributed by atoms with E-state index in [1.165, 1.54) is 11.1 Å². The van der Waals surface area contributed by atoms with Gasteiger partial charge in [0.05, 0.1) is 6.42 Å². The number of benzene rings is 2. The molecule has 1 heterocycles. The third kappa shape index (κ3) is 2.73. The van der Waals surface area contributed by atoms with Crippen molar-refractivity contribution >= 4 is 5.97 Å². The van der Waals surface area contributed by atoms with Crippen molar-refractivity contribution in [1.29, 1.82) is 0 Å². The molecule has 0 aliphatic carbocycles. The van der Waals surface area contributed by atoms with Gasteiger partial charge in [-0.25, -0.2) is 0 Å². The minimum absolute atomic E-state index is 0.0698. The summed E-state index contributed by atoms with van der Waals surface area (Å²) in [5, 5.41) is 12.3. The Hall–Kier alpha value is -2.13. The van der Waals surface area contributed by atoms with Crippen molar-refractivity contribution in [3.05, 3.63) is 59.2 Å². The maximum atomic E-state index is 10.8. The normalized spacial score (nSPS) is 13.8. The second kappa shape index (κ2) is 5.47. The van der Waals surface area contributed by atoms with E-state index in [4.69, 9.17) is 5.11 Å². The minimum atomic E-state index is -0.795. The molecule has 0 radical (unpaired) electrons. The predicted molar refractivity (Wildman–Crippen MR) is 78.6 cm³/mol. The molecule has 0 saturated heterocycles. The Morgan fingerprint density at radius 3 is 2.80 bits per heavy atom. The maximum absolute atomic E-state index is 10.8. The van der Waals surface area contributed by atoms with Crippen LogP contribution in [0.25, 0.3) is 11.1 Å². The van der Waals surface area contributed by atoms with E-state index in [0.717, 1.165) is 36.2 Å². The number of hydrogen-bond donors (Lipinski definition) is 2. The minimum Gasteiger partial charge on any atom is -0.481 e. The van der Waals surface area contributed by atoms with Crippen LogP contribution in [0, 0.1) is 0 Å². The van der Waals surface area contributed by atoms with Crippen molar-refractivity contribution in [3.8, 4) is 11.1 Å². The van der Waals surface area contributed by atoms with Gasteiger partial charge in [0.1, 0.15) is 0 Å². The Bertz CT molecular complexity index is 649. The Balaban J connectivity index is 1.94. The van der Waals surface area contributed by atoms with Crippen LogP contribution in [-0.2, 0) is 24.2 Å². The molecular formula is C17H17NO2. The van der Waals surface area contributed by atoms with Crippen molar-refractivity contribution in [2.24, 2.45) is 0 Å². The summed E-state index contributed by atoms with van der Waals surface area (Å²) in [5.74, 6) is -0.795. The van der Waals surface area contributed by atoms with Gasteiger partial charge in [-0.15, -0.1) is 0 Å². The molecule has 0 fully saturated rings. The Labute approximate surface area is 118 Å². The fraction of sp³-hybridized carbons (Fsp3) is 0.235. The van der Waals surface area contributed by atoms with E-state index in [2.05, 4.69) is 23.5 Å². The first kappa shape index (κ1) is 12.9. The van der Waals surface area contributed by atoms with Crippen LogP contribution < -0.4 is 5.32 Å². The van der Waals surface area contributed by atoms with E-state index in [1.807, 2.05) is 24.3 Å². The van der Waals surface area contributed by atoms with Crippen molar-refractivity contribution in [2.75, 3.05) is 6.54 Å². The van der Waals surface area contributed by atoms with Gasteiger partial charge < -0.3 is 10.4 Å². The van der Waals surface area contributed by atoms with Crippen molar-refractivity contribution in [3.63, 3.8) is 0 Å². The van der Waals surface area contributed by atoms with Crippen molar-refractivity contribution in [1.82, 2.24) is 5.32 Å². The zero-order chi connectivity index (χ0) is 13.9. The monoisotopic (exact) mass is 267 g/mol. The highest BCUT2D eigenvalue weighted by molar-refractivity contribution is 5.72. The van der Waals surface area contributed by atoms with E-state index in [0.29, 0.717) is 0 Å². The number of carboxylic acid groups (broad SMARTS) is 1. The molecule has 2 aromatic carbocycles. The molecule has 2 aromatic rings. The van der Waals surface area contributed by atoms with Crippen molar-refractivity contribution in [2.45, 2.75) is 19.4 Å². The van der Waals surface area contributed by atoms with Gasteiger partial charge >= 0.3 is 5.97 Å². The maximum Gasteiger partial charge on any atom is 0.307 e. The molecule has 2 N–H and O–H groups in total. The van der Waals surface area contributed by atoms with Crippen LogP contribution >= 0.6 is 0 Å². The van der Waals surface area contributed by atoms with Crippen LogP contribution in [0.3, 0.4) is 0 Å². The van der Waals surface area contributed by atoms with Gasteiger partial charge in [-0.3, -0.25) is 4.79 Å². The zero-order valence-electron chi connectivity index (χ0n) is 11.2. The molecule has 1 aliphatic heterocycles. The van der Waals surface area contributed by atoms with Gasteiger partial charge in [-0.1, -0.05) is 36.4 Å². The lowest BCUT2D eigenvalue weighted by Crippen LogP contribution is -2.23. The summed E-state index contributed by atoms with van der Waals surface area (Å²) in [6.45, 7) is 1.96. The second-order valence-corrected chi connectivity index (χ2v) is 5.18. The second-order valence-electron chi connectivity index (χ2n) is 5.18. The summed E-state index contributed by atoms with van der Waals surface area (Å²) < 4.78 is 0. The van der Waals surface area contributed by atoms with Gasteiger partial charge in [0.15, 0.2) is 0 Å². The number of carbonyl (C=O) groups is 1. The number of nitrogens with one attached hydrogen (secondary N) is 1. The molecular weight excluding hydrogens is 250 g/mol. The van der Waals surface area contributed by atoms with Gasteiger partial charge in [-0.2, -0.15) is 0 Å². The lowest BCUT2D eigenvalue weighted by atomic mass is 9.94. The average Bonchev–Trinajstić information content (AvgIpc) is 2.46. The summed E-state index contributed by atoms with van der Waals surface area (Å²) in [6, 6.07) is 14.3. The quantitative estimate of drug-likeness (QED) is 0.898.